The van der Waals surface area contributed by atoms with Crippen molar-refractivity contribution < 1.29 is 19.1 Å². The van der Waals surface area contributed by atoms with Crippen LogP contribution in [0.2, 0.25) is 0 Å². The van der Waals surface area contributed by atoms with Crippen LogP contribution in [0, 0.1) is 5.92 Å². The second-order valence-electron chi connectivity index (χ2n) is 9.46. The average molecular weight is 521 g/mol. The summed E-state index contributed by atoms with van der Waals surface area (Å²) in [6.07, 6.45) is 5.47. The fourth-order valence-corrected chi connectivity index (χ4v) is 4.02. The first kappa shape index (κ1) is 33.5. The number of esters is 1. The lowest BCUT2D eigenvalue weighted by Gasteiger charge is -2.26. The third kappa shape index (κ3) is 16.0. The minimum absolute atomic E-state index is 0. The van der Waals surface area contributed by atoms with Gasteiger partial charge in [-0.05, 0) is 96.7 Å². The highest BCUT2D eigenvalue weighted by Gasteiger charge is 2.28. The number of nitrogens with two attached hydrogens (primary N) is 1. The lowest BCUT2D eigenvalue weighted by Crippen LogP contribution is -2.53. The first-order valence-electron chi connectivity index (χ1n) is 12.9. The number of nitrogens with zero attached hydrogens (tertiary/aromatic N) is 1. The number of hydrogen-bond donors (Lipinski definition) is 5. The van der Waals surface area contributed by atoms with Crippen LogP contribution < -0.4 is 27.0 Å². The van der Waals surface area contributed by atoms with Crippen molar-refractivity contribution in [3.05, 3.63) is 0 Å². The molecule has 35 heavy (non-hydrogen) atoms. The van der Waals surface area contributed by atoms with Crippen LogP contribution in [0.5, 0.6) is 0 Å². The van der Waals surface area contributed by atoms with Crippen molar-refractivity contribution in [3.8, 4) is 0 Å². The summed E-state index contributed by atoms with van der Waals surface area (Å²) in [5.41, 5.74) is 5.55. The van der Waals surface area contributed by atoms with E-state index in [1.807, 2.05) is 13.8 Å². The maximum atomic E-state index is 13.0. The lowest BCUT2D eigenvalue weighted by molar-refractivity contribution is -0.145. The number of methoxy groups -OCH3 is 1. The molecule has 0 aromatic heterocycles. The van der Waals surface area contributed by atoms with Crippen LogP contribution in [0.15, 0.2) is 0 Å². The van der Waals surface area contributed by atoms with E-state index in [0.29, 0.717) is 25.8 Å². The van der Waals surface area contributed by atoms with Crippen LogP contribution in [0.4, 0.5) is 0 Å². The highest BCUT2D eigenvalue weighted by atomic mass is 35.5. The number of rotatable bonds is 12. The fourth-order valence-electron chi connectivity index (χ4n) is 4.02. The van der Waals surface area contributed by atoms with E-state index in [1.54, 1.807) is 0 Å². The normalized spacial score (nSPS) is 17.7. The Hall–Kier alpha value is -1.46. The second kappa shape index (κ2) is 20.7. The van der Waals surface area contributed by atoms with Crippen LogP contribution in [-0.4, -0.2) is 94.2 Å². The van der Waals surface area contributed by atoms with Gasteiger partial charge in [-0.1, -0.05) is 13.8 Å². The predicted molar refractivity (Wildman–Crippen MR) is 142 cm³/mol. The number of amides is 2. The van der Waals surface area contributed by atoms with Gasteiger partial charge >= 0.3 is 5.97 Å². The van der Waals surface area contributed by atoms with Crippen molar-refractivity contribution in [3.63, 3.8) is 0 Å². The molecule has 1 aliphatic heterocycles. The molecule has 0 aliphatic carbocycles. The van der Waals surface area contributed by atoms with E-state index < -0.39 is 18.1 Å². The van der Waals surface area contributed by atoms with Gasteiger partial charge in [0.15, 0.2) is 0 Å². The zero-order valence-electron chi connectivity index (χ0n) is 21.9. The predicted octanol–water partition coefficient (Wildman–Crippen LogP) is 0.391. The van der Waals surface area contributed by atoms with Crippen LogP contribution in [0.3, 0.4) is 0 Å². The van der Waals surface area contributed by atoms with E-state index in [9.17, 15) is 14.4 Å². The van der Waals surface area contributed by atoms with Gasteiger partial charge in [-0.3, -0.25) is 14.5 Å². The Bertz CT molecular complexity index is 584. The van der Waals surface area contributed by atoms with Crippen LogP contribution in [0.1, 0.15) is 58.8 Å². The van der Waals surface area contributed by atoms with Gasteiger partial charge in [-0.2, -0.15) is 0 Å². The molecule has 2 atom stereocenters. The molecule has 6 N–H and O–H groups in total. The number of carbonyl (C=O) groups excluding carboxylic acids is 3. The van der Waals surface area contributed by atoms with Gasteiger partial charge in [-0.25, -0.2) is 4.79 Å². The molecule has 0 aromatic rings. The lowest BCUT2D eigenvalue weighted by atomic mass is 10.0. The Morgan fingerprint density at radius 3 is 2.09 bits per heavy atom. The van der Waals surface area contributed by atoms with Crippen molar-refractivity contribution >= 4 is 30.2 Å². The molecule has 1 saturated heterocycles. The highest BCUT2D eigenvalue weighted by molar-refractivity contribution is 5.91. The summed E-state index contributed by atoms with van der Waals surface area (Å²) in [5.74, 6) is -0.816. The monoisotopic (exact) mass is 520 g/mol. The number of halogens is 1. The molecule has 0 unspecified atom stereocenters. The second-order valence-corrected chi connectivity index (χ2v) is 9.46. The number of ether oxygens (including phenoxy) is 1. The largest absolute Gasteiger partial charge is 0.467 e. The van der Waals surface area contributed by atoms with E-state index in [4.69, 9.17) is 10.5 Å². The molecule has 0 spiro atoms. The quantitative estimate of drug-likeness (QED) is 0.184. The maximum Gasteiger partial charge on any atom is 0.328 e. The Labute approximate surface area is 217 Å². The SMILES string of the molecule is COC(=O)[C@H](CCCCN)NC(=O)[C@H](CC(C)C)NC(=O)CN1CCCNCCCNCCC1.Cl. The Morgan fingerprint density at radius 2 is 1.54 bits per heavy atom. The number of hydrogen-bond acceptors (Lipinski definition) is 8. The minimum Gasteiger partial charge on any atom is -0.467 e. The third-order valence-electron chi connectivity index (χ3n) is 5.84. The zero-order valence-corrected chi connectivity index (χ0v) is 22.7. The molecule has 10 nitrogen and oxygen atoms in total. The number of nitrogens with one attached hydrogen (secondary N) is 4. The van der Waals surface area contributed by atoms with E-state index in [-0.39, 0.29) is 36.7 Å². The Kier molecular flexibility index (Phi) is 19.8. The Balaban J connectivity index is 0.0000116. The van der Waals surface area contributed by atoms with Gasteiger partial charge < -0.3 is 31.7 Å². The summed E-state index contributed by atoms with van der Waals surface area (Å²) in [6, 6.07) is -1.45. The summed E-state index contributed by atoms with van der Waals surface area (Å²) in [4.78, 5) is 40.2. The first-order valence-corrected chi connectivity index (χ1v) is 12.9. The molecule has 0 radical (unpaired) electrons. The van der Waals surface area contributed by atoms with Crippen LogP contribution >= 0.6 is 12.4 Å². The molecule has 0 bridgehead atoms. The number of unbranched alkanes of at least 4 members (excludes halogenated alkanes) is 1. The topological polar surface area (TPSA) is 138 Å². The molecule has 0 aromatic carbocycles. The number of carbonyl (C=O) groups is 3. The fraction of sp³-hybridized carbons (Fsp3) is 0.875. The van der Waals surface area contributed by atoms with E-state index in [2.05, 4.69) is 26.2 Å². The van der Waals surface area contributed by atoms with Crippen molar-refractivity contribution in [2.75, 3.05) is 59.5 Å². The molecule has 0 saturated carbocycles. The molecular formula is C24H49ClN6O4. The molecule has 206 valence electrons. The molecule has 1 aliphatic rings. The average Bonchev–Trinajstić information content (AvgIpc) is 2.79. The van der Waals surface area contributed by atoms with E-state index in [1.165, 1.54) is 7.11 Å². The van der Waals surface area contributed by atoms with Gasteiger partial charge in [0.25, 0.3) is 0 Å². The van der Waals surface area contributed by atoms with Crippen LogP contribution in [0.25, 0.3) is 0 Å². The zero-order chi connectivity index (χ0) is 25.2. The van der Waals surface area contributed by atoms with Gasteiger partial charge in [0.1, 0.15) is 12.1 Å². The standard InChI is InChI=1S/C24H48N6O4.ClH/c1-19(2)17-21(23(32)29-20(24(33)34-3)9-4-5-10-25)28-22(31)18-30-15-7-13-26-11-6-12-27-14-8-16-30;/h19-21,26-27H,4-18,25H2,1-3H3,(H,28,31)(H,29,32);1H/t20-,21-;/m0./s1. The van der Waals surface area contributed by atoms with E-state index in [0.717, 1.165) is 65.0 Å². The van der Waals surface area contributed by atoms with Crippen molar-refractivity contribution in [1.82, 2.24) is 26.2 Å². The Morgan fingerprint density at radius 1 is 0.943 bits per heavy atom. The summed E-state index contributed by atoms with van der Waals surface area (Å²) in [7, 11) is 1.31. The summed E-state index contributed by atoms with van der Waals surface area (Å²) in [6.45, 7) is 10.3. The molecule has 1 heterocycles. The maximum absolute atomic E-state index is 13.0. The van der Waals surface area contributed by atoms with Crippen molar-refractivity contribution in [2.24, 2.45) is 11.7 Å². The van der Waals surface area contributed by atoms with Gasteiger partial charge in [0.2, 0.25) is 11.8 Å². The van der Waals surface area contributed by atoms with Crippen molar-refractivity contribution in [2.45, 2.75) is 70.9 Å². The molecule has 1 fully saturated rings. The van der Waals surface area contributed by atoms with Gasteiger partial charge in [0.05, 0.1) is 13.7 Å². The van der Waals surface area contributed by atoms with Gasteiger partial charge in [0, 0.05) is 0 Å². The highest BCUT2D eigenvalue weighted by Crippen LogP contribution is 2.08. The smallest absolute Gasteiger partial charge is 0.328 e. The van der Waals surface area contributed by atoms with Crippen LogP contribution in [-0.2, 0) is 19.1 Å². The summed E-state index contributed by atoms with van der Waals surface area (Å²) < 4.78 is 4.86. The summed E-state index contributed by atoms with van der Waals surface area (Å²) in [5, 5.41) is 12.6. The molecular weight excluding hydrogens is 472 g/mol. The van der Waals surface area contributed by atoms with Gasteiger partial charge in [-0.15, -0.1) is 12.4 Å². The van der Waals surface area contributed by atoms with Crippen molar-refractivity contribution in [1.29, 1.82) is 0 Å². The first-order chi connectivity index (χ1) is 16.4. The molecule has 2 amide bonds. The third-order valence-corrected chi connectivity index (χ3v) is 5.84. The molecule has 11 heteroatoms. The minimum atomic E-state index is -0.745. The molecule has 1 rings (SSSR count). The summed E-state index contributed by atoms with van der Waals surface area (Å²) >= 11 is 0. The van der Waals surface area contributed by atoms with E-state index >= 15 is 0 Å².